The van der Waals surface area contributed by atoms with Gasteiger partial charge in [-0.1, -0.05) is 16.8 Å². The maximum Gasteiger partial charge on any atom is 0.147 e. The number of rotatable bonds is 8. The van der Waals surface area contributed by atoms with Gasteiger partial charge < -0.3 is 14.5 Å². The number of hydrogen-bond acceptors (Lipinski definition) is 7. The molecule has 0 radical (unpaired) electrons. The Hall–Kier alpha value is -2.38. The third-order valence-corrected chi connectivity index (χ3v) is 4.46. The fraction of sp³-hybridized carbons (Fsp3) is 0.421. The minimum Gasteiger partial charge on any atom is -0.492 e. The van der Waals surface area contributed by atoms with Gasteiger partial charge in [-0.15, -0.1) is 0 Å². The molecular formula is C19H24ClN5O2. The standard InChI is InChI=1S/C19H24ClN5O2/c1-2-27-23-13-16-3-5-17(6-4-16)26-12-11-24-7-9-25(10-8-24)19-15-21-18(20)14-22-19/h3-6,13-15H,2,7-12H2,1H3. The summed E-state index contributed by atoms with van der Waals surface area (Å²) >= 11 is 5.79. The summed E-state index contributed by atoms with van der Waals surface area (Å²) in [6, 6.07) is 7.82. The summed E-state index contributed by atoms with van der Waals surface area (Å²) in [5.41, 5.74) is 0.984. The van der Waals surface area contributed by atoms with Crippen molar-refractivity contribution in [3.8, 4) is 5.75 Å². The van der Waals surface area contributed by atoms with Crippen molar-refractivity contribution in [1.82, 2.24) is 14.9 Å². The second-order valence-corrected chi connectivity index (χ2v) is 6.48. The van der Waals surface area contributed by atoms with Gasteiger partial charge in [0.1, 0.15) is 29.9 Å². The highest BCUT2D eigenvalue weighted by Gasteiger charge is 2.18. The summed E-state index contributed by atoms with van der Waals surface area (Å²) in [7, 11) is 0. The van der Waals surface area contributed by atoms with Crippen molar-refractivity contribution in [2.45, 2.75) is 6.92 Å². The zero-order valence-electron chi connectivity index (χ0n) is 15.4. The molecule has 0 amide bonds. The zero-order valence-corrected chi connectivity index (χ0v) is 16.2. The number of benzene rings is 1. The zero-order chi connectivity index (χ0) is 18.9. The summed E-state index contributed by atoms with van der Waals surface area (Å²) < 4.78 is 5.85. The van der Waals surface area contributed by atoms with Crippen LogP contribution in [0.15, 0.2) is 41.8 Å². The first-order chi connectivity index (χ1) is 13.2. The maximum absolute atomic E-state index is 5.85. The molecule has 27 heavy (non-hydrogen) atoms. The summed E-state index contributed by atoms with van der Waals surface area (Å²) in [5.74, 6) is 1.74. The molecule has 1 aliphatic heterocycles. The summed E-state index contributed by atoms with van der Waals surface area (Å²) in [6.07, 6.45) is 5.01. The maximum atomic E-state index is 5.85. The number of piperazine rings is 1. The van der Waals surface area contributed by atoms with Gasteiger partial charge in [0.15, 0.2) is 0 Å². The highest BCUT2D eigenvalue weighted by Crippen LogP contribution is 2.14. The Morgan fingerprint density at radius 3 is 2.56 bits per heavy atom. The minimum absolute atomic E-state index is 0.421. The van der Waals surface area contributed by atoms with Crippen LogP contribution in [-0.4, -0.2) is 67.0 Å². The molecule has 0 unspecified atom stereocenters. The van der Waals surface area contributed by atoms with E-state index in [-0.39, 0.29) is 0 Å². The Morgan fingerprint density at radius 1 is 1.11 bits per heavy atom. The first-order valence-electron chi connectivity index (χ1n) is 9.07. The molecule has 0 N–H and O–H groups in total. The monoisotopic (exact) mass is 389 g/mol. The van der Waals surface area contributed by atoms with E-state index in [1.54, 1.807) is 18.6 Å². The molecule has 1 aliphatic rings. The summed E-state index contributed by atoms with van der Waals surface area (Å²) in [4.78, 5) is 18.0. The Bertz CT molecular complexity index is 716. The molecule has 3 rings (SSSR count). The summed E-state index contributed by atoms with van der Waals surface area (Å²) in [5, 5.41) is 4.27. The second kappa shape index (κ2) is 10.1. The Balaban J connectivity index is 1.37. The quantitative estimate of drug-likeness (QED) is 0.511. The predicted molar refractivity (Wildman–Crippen MR) is 107 cm³/mol. The third-order valence-electron chi connectivity index (χ3n) is 4.26. The first-order valence-corrected chi connectivity index (χ1v) is 9.45. The van der Waals surface area contributed by atoms with Crippen LogP contribution in [-0.2, 0) is 4.84 Å². The van der Waals surface area contributed by atoms with Gasteiger partial charge in [-0.05, 0) is 36.8 Å². The van der Waals surface area contributed by atoms with E-state index in [9.17, 15) is 0 Å². The number of halogens is 1. The minimum atomic E-state index is 0.421. The van der Waals surface area contributed by atoms with Crippen LogP contribution in [0.5, 0.6) is 5.75 Å². The lowest BCUT2D eigenvalue weighted by molar-refractivity contribution is 0.160. The van der Waals surface area contributed by atoms with E-state index in [2.05, 4.69) is 24.9 Å². The van der Waals surface area contributed by atoms with Crippen LogP contribution in [0.2, 0.25) is 5.15 Å². The van der Waals surface area contributed by atoms with Crippen molar-refractivity contribution >= 4 is 23.6 Å². The van der Waals surface area contributed by atoms with Crippen LogP contribution in [0.25, 0.3) is 0 Å². The largest absolute Gasteiger partial charge is 0.492 e. The average Bonchev–Trinajstić information content (AvgIpc) is 2.71. The molecule has 0 saturated carbocycles. The topological polar surface area (TPSA) is 63.1 Å². The van der Waals surface area contributed by atoms with E-state index in [0.29, 0.717) is 18.4 Å². The summed E-state index contributed by atoms with van der Waals surface area (Å²) in [6.45, 7) is 7.81. The first kappa shape index (κ1) is 19.4. The van der Waals surface area contributed by atoms with E-state index < -0.39 is 0 Å². The van der Waals surface area contributed by atoms with Crippen molar-refractivity contribution in [2.75, 3.05) is 50.8 Å². The molecule has 0 atom stereocenters. The third kappa shape index (κ3) is 6.08. The molecule has 1 fully saturated rings. The number of anilines is 1. The van der Waals surface area contributed by atoms with Gasteiger partial charge in [0.2, 0.25) is 0 Å². The van der Waals surface area contributed by atoms with Gasteiger partial charge in [0, 0.05) is 32.7 Å². The fourth-order valence-corrected chi connectivity index (χ4v) is 2.88. The van der Waals surface area contributed by atoms with Crippen LogP contribution in [0.3, 0.4) is 0 Å². The van der Waals surface area contributed by atoms with Gasteiger partial charge >= 0.3 is 0 Å². The molecule has 144 valence electrons. The van der Waals surface area contributed by atoms with Crippen LogP contribution >= 0.6 is 11.6 Å². The highest BCUT2D eigenvalue weighted by atomic mass is 35.5. The van der Waals surface area contributed by atoms with E-state index in [1.807, 2.05) is 31.2 Å². The predicted octanol–water partition coefficient (Wildman–Crippen LogP) is 2.70. The fourth-order valence-electron chi connectivity index (χ4n) is 2.78. The van der Waals surface area contributed by atoms with Gasteiger partial charge in [-0.3, -0.25) is 4.90 Å². The molecule has 7 nitrogen and oxygen atoms in total. The molecule has 1 saturated heterocycles. The van der Waals surface area contributed by atoms with Crippen molar-refractivity contribution in [1.29, 1.82) is 0 Å². The highest BCUT2D eigenvalue weighted by molar-refractivity contribution is 6.29. The molecule has 0 spiro atoms. The van der Waals surface area contributed by atoms with E-state index in [0.717, 1.165) is 49.9 Å². The number of hydrogen-bond donors (Lipinski definition) is 0. The number of ether oxygens (including phenoxy) is 1. The molecule has 2 heterocycles. The van der Waals surface area contributed by atoms with E-state index in [1.165, 1.54) is 0 Å². The number of aromatic nitrogens is 2. The molecular weight excluding hydrogens is 366 g/mol. The lowest BCUT2D eigenvalue weighted by atomic mass is 10.2. The van der Waals surface area contributed by atoms with Crippen LogP contribution in [0, 0.1) is 0 Å². The molecule has 0 aliphatic carbocycles. The van der Waals surface area contributed by atoms with Crippen molar-refractivity contribution < 1.29 is 9.57 Å². The lowest BCUT2D eigenvalue weighted by Gasteiger charge is -2.35. The normalized spacial score (nSPS) is 15.3. The van der Waals surface area contributed by atoms with Crippen LogP contribution in [0.1, 0.15) is 12.5 Å². The second-order valence-electron chi connectivity index (χ2n) is 6.10. The van der Waals surface area contributed by atoms with Crippen molar-refractivity contribution in [3.63, 3.8) is 0 Å². The Morgan fingerprint density at radius 2 is 1.89 bits per heavy atom. The van der Waals surface area contributed by atoms with E-state index in [4.69, 9.17) is 21.2 Å². The molecule has 0 bridgehead atoms. The number of oxime groups is 1. The van der Waals surface area contributed by atoms with Crippen LogP contribution < -0.4 is 9.64 Å². The van der Waals surface area contributed by atoms with Crippen LogP contribution in [0.4, 0.5) is 5.82 Å². The van der Waals surface area contributed by atoms with Gasteiger partial charge in [-0.2, -0.15) is 0 Å². The lowest BCUT2D eigenvalue weighted by Crippen LogP contribution is -2.47. The van der Waals surface area contributed by atoms with E-state index >= 15 is 0 Å². The van der Waals surface area contributed by atoms with Crippen molar-refractivity contribution in [2.24, 2.45) is 5.16 Å². The molecule has 8 heteroatoms. The Kier molecular flexibility index (Phi) is 7.24. The number of nitrogens with zero attached hydrogens (tertiary/aromatic N) is 5. The van der Waals surface area contributed by atoms with Gasteiger partial charge in [0.05, 0.1) is 18.6 Å². The molecule has 1 aromatic heterocycles. The van der Waals surface area contributed by atoms with Gasteiger partial charge in [0.25, 0.3) is 0 Å². The SMILES string of the molecule is CCON=Cc1ccc(OCCN2CCN(c3cnc(Cl)cn3)CC2)cc1. The Labute approximate surface area is 164 Å². The molecule has 1 aromatic carbocycles. The smallest absolute Gasteiger partial charge is 0.147 e. The van der Waals surface area contributed by atoms with Crippen molar-refractivity contribution in [3.05, 3.63) is 47.4 Å². The average molecular weight is 390 g/mol. The van der Waals surface area contributed by atoms with Gasteiger partial charge in [-0.25, -0.2) is 9.97 Å². The molecule has 2 aromatic rings.